The highest BCUT2D eigenvalue weighted by molar-refractivity contribution is 7.86. The molecule has 0 radical (unpaired) electrons. The molecule has 0 fully saturated rings. The van der Waals surface area contributed by atoms with E-state index in [1.54, 1.807) is 44.2 Å². The van der Waals surface area contributed by atoms with Crippen LogP contribution in [-0.4, -0.2) is 35.5 Å². The number of pyridine rings is 1. The van der Waals surface area contributed by atoms with E-state index in [9.17, 15) is 27.9 Å². The molecule has 0 unspecified atom stereocenters. The normalized spacial score (nSPS) is 11.5. The van der Waals surface area contributed by atoms with Crippen molar-refractivity contribution in [2.24, 2.45) is 7.05 Å². The third kappa shape index (κ3) is 7.39. The Balaban J connectivity index is 0.000000510. The van der Waals surface area contributed by atoms with Crippen LogP contribution in [0.15, 0.2) is 84.9 Å². The molecule has 1 N–H and O–H groups in total. The smallest absolute Gasteiger partial charge is 0.485 e. The van der Waals surface area contributed by atoms with Crippen molar-refractivity contribution in [3.63, 3.8) is 0 Å². The summed E-state index contributed by atoms with van der Waals surface area (Å²) >= 11 is 0. The zero-order valence-corrected chi connectivity index (χ0v) is 24.9. The highest BCUT2D eigenvalue weighted by atomic mass is 32.2. The predicted molar refractivity (Wildman–Crippen MR) is 156 cm³/mol. The van der Waals surface area contributed by atoms with Gasteiger partial charge in [-0.25, -0.2) is 18.0 Å². The number of phenols is 1. The first-order chi connectivity index (χ1) is 21.1. The Hall–Kier alpha value is -5.01. The average Bonchev–Trinajstić information content (AvgIpc) is 2.97. The van der Waals surface area contributed by atoms with Crippen molar-refractivity contribution >= 4 is 43.9 Å². The minimum Gasteiger partial charge on any atom is -0.741 e. The third-order valence-corrected chi connectivity index (χ3v) is 7.30. The topological polar surface area (TPSA) is 134 Å². The zero-order valence-electron chi connectivity index (χ0n) is 24.1. The summed E-state index contributed by atoms with van der Waals surface area (Å²) in [7, 11) is -4.17. The first-order valence-electron chi connectivity index (χ1n) is 13.2. The first-order valence-corrected chi connectivity index (χ1v) is 14.6. The van der Waals surface area contributed by atoms with Gasteiger partial charge >= 0.3 is 17.4 Å². The second-order valence-corrected chi connectivity index (χ2v) is 11.3. The fourth-order valence-corrected chi connectivity index (χ4v) is 4.67. The molecule has 1 aromatic heterocycles. The number of phenolic OH excluding ortho intramolecular Hbond substituents is 1. The van der Waals surface area contributed by atoms with Gasteiger partial charge in [-0.1, -0.05) is 42.5 Å². The molecule has 234 valence electrons. The second-order valence-electron chi connectivity index (χ2n) is 9.94. The lowest BCUT2D eigenvalue weighted by Crippen LogP contribution is -2.31. The van der Waals surface area contributed by atoms with E-state index in [1.807, 2.05) is 66.2 Å². The van der Waals surface area contributed by atoms with Crippen molar-refractivity contribution in [2.75, 3.05) is 0 Å². The Morgan fingerprint density at radius 3 is 2.00 bits per heavy atom. The molecular weight excluding hydrogens is 615 g/mol. The molecule has 0 saturated carbocycles. The highest BCUT2D eigenvalue weighted by Crippen LogP contribution is 2.31. The van der Waals surface area contributed by atoms with Crippen LogP contribution in [0.25, 0.3) is 21.8 Å². The summed E-state index contributed by atoms with van der Waals surface area (Å²) in [5, 5.41) is 11.5. The number of hydrogen-bond acceptors (Lipinski definition) is 8. The van der Waals surface area contributed by atoms with E-state index in [0.29, 0.717) is 38.8 Å². The maximum atomic E-state index is 13.6. The van der Waals surface area contributed by atoms with E-state index < -0.39 is 27.6 Å². The maximum Gasteiger partial charge on any atom is 0.485 e. The lowest BCUT2D eigenvalue weighted by atomic mass is 10.0. The monoisotopic (exact) mass is 641 g/mol. The molecular formula is C32H26F3NO8S. The van der Waals surface area contributed by atoms with Gasteiger partial charge in [0.25, 0.3) is 0 Å². The van der Waals surface area contributed by atoms with Crippen molar-refractivity contribution in [2.45, 2.75) is 26.0 Å². The summed E-state index contributed by atoms with van der Waals surface area (Å²) in [4.78, 5) is 26.3. The van der Waals surface area contributed by atoms with Gasteiger partial charge in [0.2, 0.25) is 11.0 Å². The van der Waals surface area contributed by atoms with Crippen molar-refractivity contribution < 1.29 is 54.9 Å². The van der Waals surface area contributed by atoms with E-state index >= 15 is 0 Å². The molecule has 45 heavy (non-hydrogen) atoms. The summed E-state index contributed by atoms with van der Waals surface area (Å²) in [6.45, 7) is 3.75. The molecule has 0 bridgehead atoms. The van der Waals surface area contributed by atoms with E-state index in [-0.39, 0.29) is 12.4 Å². The third-order valence-electron chi connectivity index (χ3n) is 6.74. The van der Waals surface area contributed by atoms with Gasteiger partial charge in [-0.05, 0) is 60.9 Å². The van der Waals surface area contributed by atoms with Crippen molar-refractivity contribution in [3.8, 4) is 11.5 Å². The van der Waals surface area contributed by atoms with E-state index in [4.69, 9.17) is 22.4 Å². The molecule has 9 nitrogen and oxygen atoms in total. The molecule has 0 amide bonds. The van der Waals surface area contributed by atoms with Gasteiger partial charge in [-0.15, -0.1) is 0 Å². The van der Waals surface area contributed by atoms with Crippen LogP contribution in [0.1, 0.15) is 37.4 Å². The number of aromatic nitrogens is 1. The van der Waals surface area contributed by atoms with Crippen molar-refractivity contribution in [3.05, 3.63) is 113 Å². The number of carbonyl (C=O) groups excluding carboxylic acids is 2. The van der Waals surface area contributed by atoms with Crippen LogP contribution in [0.3, 0.4) is 0 Å². The highest BCUT2D eigenvalue weighted by Gasteiger charge is 2.37. The molecule has 0 spiro atoms. The van der Waals surface area contributed by atoms with Gasteiger partial charge in [0.05, 0.1) is 21.9 Å². The summed E-state index contributed by atoms with van der Waals surface area (Å²) in [5.74, 6) is -0.549. The molecule has 0 atom stereocenters. The molecule has 4 aromatic carbocycles. The Morgan fingerprint density at radius 1 is 0.844 bits per heavy atom. The number of alkyl halides is 3. The number of rotatable bonds is 5. The number of benzene rings is 4. The van der Waals surface area contributed by atoms with Gasteiger partial charge in [-0.2, -0.15) is 17.7 Å². The maximum absolute atomic E-state index is 13.6. The summed E-state index contributed by atoms with van der Waals surface area (Å²) < 4.78 is 72.3. The van der Waals surface area contributed by atoms with E-state index in [2.05, 4.69) is 0 Å². The van der Waals surface area contributed by atoms with Crippen LogP contribution in [0.4, 0.5) is 13.2 Å². The van der Waals surface area contributed by atoms with Gasteiger partial charge in [0.1, 0.15) is 25.2 Å². The number of esters is 2. The SMILES string of the molecule is Cc1cc(C(=O)OCc2ccccc2)cc(C)c1OC(=O)c1c2ccccc2[n+](C)c2ccc(O)cc12.O=S(=O)([O-])C(F)(F)F. The number of carbonyl (C=O) groups is 2. The number of aromatic hydroxyl groups is 1. The van der Waals surface area contributed by atoms with Crippen LogP contribution >= 0.6 is 0 Å². The van der Waals surface area contributed by atoms with Crippen LogP contribution < -0.4 is 9.30 Å². The number of aryl methyl sites for hydroxylation is 3. The number of nitrogens with zero attached hydrogens (tertiary/aromatic N) is 1. The Labute approximate surface area is 255 Å². The van der Waals surface area contributed by atoms with Gasteiger partial charge in [-0.3, -0.25) is 0 Å². The quantitative estimate of drug-likeness (QED) is 0.0639. The Morgan fingerprint density at radius 2 is 1.40 bits per heavy atom. The van der Waals surface area contributed by atoms with E-state index in [1.165, 1.54) is 0 Å². The van der Waals surface area contributed by atoms with Crippen LogP contribution in [0.5, 0.6) is 11.5 Å². The van der Waals surface area contributed by atoms with E-state index in [0.717, 1.165) is 16.6 Å². The molecule has 0 aliphatic heterocycles. The summed E-state index contributed by atoms with van der Waals surface area (Å²) in [6, 6.07) is 25.3. The fraction of sp³-hybridized carbons (Fsp3) is 0.156. The van der Waals surface area contributed by atoms with Gasteiger partial charge in [0.15, 0.2) is 10.1 Å². The van der Waals surface area contributed by atoms with Crippen molar-refractivity contribution in [1.82, 2.24) is 0 Å². The molecule has 5 rings (SSSR count). The molecule has 0 aliphatic rings. The summed E-state index contributed by atoms with van der Waals surface area (Å²) in [6.07, 6.45) is 0. The standard InChI is InChI=1S/C31H25NO5.CHF3O3S/c1-19-15-22(30(34)36-18-21-9-5-4-6-10-21)16-20(2)29(19)37-31(35)28-24-11-7-8-12-26(24)32(3)27-14-13-23(33)17-25(27)28;2-1(3,4)8(5,6)7/h4-17H,18H2,1-3H3;(H,5,6,7). The number of ether oxygens (including phenoxy) is 2. The molecule has 13 heteroatoms. The van der Waals surface area contributed by atoms with Crippen molar-refractivity contribution in [1.29, 1.82) is 0 Å². The predicted octanol–water partition coefficient (Wildman–Crippen LogP) is 5.77. The van der Waals surface area contributed by atoms with Crippen LogP contribution in [0, 0.1) is 13.8 Å². The minimum absolute atomic E-state index is 0.0579. The van der Waals surface area contributed by atoms with Gasteiger partial charge < -0.3 is 19.1 Å². The molecule has 0 aliphatic carbocycles. The Kier molecular flexibility index (Phi) is 9.45. The second kappa shape index (κ2) is 12.9. The fourth-order valence-electron chi connectivity index (χ4n) is 4.67. The number of hydrogen-bond donors (Lipinski definition) is 1. The molecule has 0 saturated heterocycles. The first kappa shape index (κ1) is 32.9. The number of para-hydroxylation sites is 1. The largest absolute Gasteiger partial charge is 0.741 e. The zero-order chi connectivity index (χ0) is 33.1. The minimum atomic E-state index is -6.09. The lowest BCUT2D eigenvalue weighted by molar-refractivity contribution is -0.617. The van der Waals surface area contributed by atoms with Gasteiger partial charge in [0, 0.05) is 12.1 Å². The summed E-state index contributed by atoms with van der Waals surface area (Å²) in [5.41, 5.74) is -1.07. The van der Waals surface area contributed by atoms with Crippen LogP contribution in [0.2, 0.25) is 0 Å². The molecule has 1 heterocycles. The van der Waals surface area contributed by atoms with Crippen LogP contribution in [-0.2, 0) is 28.5 Å². The lowest BCUT2D eigenvalue weighted by Gasteiger charge is -2.14. The number of halogens is 3. The Bertz CT molecular complexity index is 2010. The molecule has 5 aromatic rings. The average molecular weight is 642 g/mol. The number of fused-ring (bicyclic) bond motifs is 2.